The molecule has 4 unspecified atom stereocenters. The second-order valence-corrected chi connectivity index (χ2v) is 6.89. The Morgan fingerprint density at radius 3 is 2.21 bits per heavy atom. The predicted octanol–water partition coefficient (Wildman–Crippen LogP) is 3.54. The number of aliphatic hydroxyl groups excluding tert-OH is 3. The molecule has 1 aliphatic rings. The molecule has 1 heterocycles. The maximum absolute atomic E-state index is 11.1. The van der Waals surface area contributed by atoms with Gasteiger partial charge in [-0.05, 0) is 31.2 Å². The number of rotatable bonds is 8. The van der Waals surface area contributed by atoms with Crippen LogP contribution in [0.5, 0.6) is 0 Å². The lowest BCUT2D eigenvalue weighted by atomic mass is 9.94. The van der Waals surface area contributed by atoms with Crippen molar-refractivity contribution in [1.29, 1.82) is 0 Å². The Morgan fingerprint density at radius 2 is 1.61 bits per heavy atom. The van der Waals surface area contributed by atoms with Crippen LogP contribution in [0.15, 0.2) is 60.7 Å². The van der Waals surface area contributed by atoms with E-state index in [4.69, 9.17) is 14.6 Å². The van der Waals surface area contributed by atoms with Gasteiger partial charge in [-0.15, -0.1) is 0 Å². The van der Waals surface area contributed by atoms with Crippen molar-refractivity contribution in [2.45, 2.75) is 56.7 Å². The fourth-order valence-electron chi connectivity index (χ4n) is 3.44. The SMILES string of the molecule is CCC(O)CCCC1COC(c2ccccc2)(C(O)c2ccccc2)O1.CO. The van der Waals surface area contributed by atoms with Crippen molar-refractivity contribution in [3.05, 3.63) is 71.8 Å². The molecule has 28 heavy (non-hydrogen) atoms. The fraction of sp³-hybridized carbons (Fsp3) is 0.478. The van der Waals surface area contributed by atoms with E-state index in [0.717, 1.165) is 43.9 Å². The lowest BCUT2D eigenvalue weighted by Crippen LogP contribution is -2.35. The monoisotopic (exact) mass is 388 g/mol. The molecule has 1 saturated heterocycles. The minimum atomic E-state index is -1.20. The zero-order valence-electron chi connectivity index (χ0n) is 16.7. The zero-order valence-corrected chi connectivity index (χ0v) is 16.7. The minimum Gasteiger partial charge on any atom is -0.400 e. The van der Waals surface area contributed by atoms with Crippen LogP contribution >= 0.6 is 0 Å². The number of aliphatic hydroxyl groups is 3. The first-order valence-corrected chi connectivity index (χ1v) is 9.89. The summed E-state index contributed by atoms with van der Waals surface area (Å²) in [4.78, 5) is 0. The molecule has 154 valence electrons. The summed E-state index contributed by atoms with van der Waals surface area (Å²) in [5.41, 5.74) is 1.57. The Hall–Kier alpha value is -1.76. The molecule has 5 heteroatoms. The van der Waals surface area contributed by atoms with Crippen molar-refractivity contribution in [3.63, 3.8) is 0 Å². The maximum Gasteiger partial charge on any atom is 0.226 e. The molecule has 5 nitrogen and oxygen atoms in total. The van der Waals surface area contributed by atoms with E-state index in [1.54, 1.807) is 0 Å². The van der Waals surface area contributed by atoms with E-state index >= 15 is 0 Å². The molecule has 3 rings (SSSR count). The number of hydrogen-bond donors (Lipinski definition) is 3. The molecule has 2 aromatic carbocycles. The van der Waals surface area contributed by atoms with Gasteiger partial charge in [0.15, 0.2) is 0 Å². The number of benzene rings is 2. The van der Waals surface area contributed by atoms with Crippen LogP contribution in [0.4, 0.5) is 0 Å². The van der Waals surface area contributed by atoms with Crippen LogP contribution in [0.2, 0.25) is 0 Å². The average Bonchev–Trinajstić information content (AvgIpc) is 3.21. The third kappa shape index (κ3) is 5.40. The molecule has 1 fully saturated rings. The highest BCUT2D eigenvalue weighted by molar-refractivity contribution is 5.28. The van der Waals surface area contributed by atoms with Crippen molar-refractivity contribution >= 4 is 0 Å². The Labute approximate surface area is 167 Å². The predicted molar refractivity (Wildman–Crippen MR) is 109 cm³/mol. The number of ether oxygens (including phenoxy) is 2. The van der Waals surface area contributed by atoms with Crippen molar-refractivity contribution in [3.8, 4) is 0 Å². The summed E-state index contributed by atoms with van der Waals surface area (Å²) in [7, 11) is 1.00. The van der Waals surface area contributed by atoms with Gasteiger partial charge in [-0.2, -0.15) is 0 Å². The first-order valence-electron chi connectivity index (χ1n) is 9.89. The second kappa shape index (κ2) is 11.3. The third-order valence-electron chi connectivity index (χ3n) is 5.01. The first kappa shape index (κ1) is 22.5. The Balaban J connectivity index is 0.00000136. The van der Waals surface area contributed by atoms with Crippen LogP contribution in [-0.4, -0.2) is 41.2 Å². The molecule has 0 bridgehead atoms. The lowest BCUT2D eigenvalue weighted by molar-refractivity contribution is -0.241. The summed E-state index contributed by atoms with van der Waals surface area (Å²) < 4.78 is 12.4. The molecule has 0 spiro atoms. The summed E-state index contributed by atoms with van der Waals surface area (Å²) in [5, 5.41) is 27.8. The standard InChI is InChI=1S/C22H28O4.CH4O/c1-2-19(23)14-9-15-20-16-25-22(26-20,18-12-7-4-8-13-18)21(24)17-10-5-3-6-11-17;1-2/h3-8,10-13,19-21,23-24H,2,9,14-16H2,1H3;2H,1H3. The Bertz CT molecular complexity index is 663. The molecular weight excluding hydrogens is 356 g/mol. The molecule has 0 aliphatic carbocycles. The highest BCUT2D eigenvalue weighted by Crippen LogP contribution is 2.45. The fourth-order valence-corrected chi connectivity index (χ4v) is 3.44. The van der Waals surface area contributed by atoms with E-state index in [9.17, 15) is 10.2 Å². The van der Waals surface area contributed by atoms with E-state index in [0.29, 0.717) is 6.61 Å². The molecule has 0 saturated carbocycles. The largest absolute Gasteiger partial charge is 0.400 e. The Morgan fingerprint density at radius 1 is 1.00 bits per heavy atom. The van der Waals surface area contributed by atoms with Crippen molar-refractivity contribution in [1.82, 2.24) is 0 Å². The van der Waals surface area contributed by atoms with Crippen LogP contribution in [0, 0.1) is 0 Å². The maximum atomic E-state index is 11.1. The quantitative estimate of drug-likeness (QED) is 0.645. The van der Waals surface area contributed by atoms with Crippen LogP contribution < -0.4 is 0 Å². The average molecular weight is 389 g/mol. The van der Waals surface area contributed by atoms with Crippen molar-refractivity contribution < 1.29 is 24.8 Å². The van der Waals surface area contributed by atoms with E-state index in [2.05, 4.69) is 0 Å². The second-order valence-electron chi connectivity index (χ2n) is 6.89. The molecule has 0 radical (unpaired) electrons. The zero-order chi connectivity index (χ0) is 20.4. The van der Waals surface area contributed by atoms with Gasteiger partial charge < -0.3 is 24.8 Å². The molecular formula is C23H32O5. The normalized spacial score (nSPS) is 23.5. The highest BCUT2D eigenvalue weighted by Gasteiger charge is 2.49. The van der Waals surface area contributed by atoms with E-state index < -0.39 is 11.9 Å². The first-order chi connectivity index (χ1) is 13.7. The van der Waals surface area contributed by atoms with Gasteiger partial charge in [0.2, 0.25) is 5.79 Å². The third-order valence-corrected chi connectivity index (χ3v) is 5.01. The summed E-state index contributed by atoms with van der Waals surface area (Å²) in [6.07, 6.45) is 1.92. The van der Waals surface area contributed by atoms with Crippen LogP contribution in [-0.2, 0) is 15.3 Å². The van der Waals surface area contributed by atoms with Gasteiger partial charge in [-0.3, -0.25) is 0 Å². The van der Waals surface area contributed by atoms with E-state index in [1.165, 1.54) is 0 Å². The van der Waals surface area contributed by atoms with Gasteiger partial charge in [0, 0.05) is 12.7 Å². The van der Waals surface area contributed by atoms with Crippen LogP contribution in [0.3, 0.4) is 0 Å². The summed E-state index contributed by atoms with van der Waals surface area (Å²) >= 11 is 0. The van der Waals surface area contributed by atoms with Crippen LogP contribution in [0.1, 0.15) is 49.8 Å². The Kier molecular flexibility index (Phi) is 9.09. The van der Waals surface area contributed by atoms with Gasteiger partial charge >= 0.3 is 0 Å². The minimum absolute atomic E-state index is 0.0994. The van der Waals surface area contributed by atoms with E-state index in [-0.39, 0.29) is 12.2 Å². The molecule has 3 N–H and O–H groups in total. The molecule has 0 amide bonds. The smallest absolute Gasteiger partial charge is 0.226 e. The summed E-state index contributed by atoms with van der Waals surface area (Å²) in [6, 6.07) is 19.1. The lowest BCUT2D eigenvalue weighted by Gasteiger charge is -2.33. The van der Waals surface area contributed by atoms with Gasteiger partial charge in [0.25, 0.3) is 0 Å². The topological polar surface area (TPSA) is 79.2 Å². The molecule has 0 aromatic heterocycles. The van der Waals surface area contributed by atoms with Gasteiger partial charge in [-0.25, -0.2) is 0 Å². The molecule has 2 aromatic rings. The summed E-state index contributed by atoms with van der Waals surface area (Å²) in [5.74, 6) is -1.20. The van der Waals surface area contributed by atoms with Gasteiger partial charge in [0.1, 0.15) is 6.10 Å². The summed E-state index contributed by atoms with van der Waals surface area (Å²) in [6.45, 7) is 2.41. The van der Waals surface area contributed by atoms with Crippen molar-refractivity contribution in [2.24, 2.45) is 0 Å². The molecule has 1 aliphatic heterocycles. The van der Waals surface area contributed by atoms with Crippen LogP contribution in [0.25, 0.3) is 0 Å². The van der Waals surface area contributed by atoms with E-state index in [1.807, 2.05) is 67.6 Å². The molecule has 4 atom stereocenters. The van der Waals surface area contributed by atoms with Gasteiger partial charge in [-0.1, -0.05) is 67.6 Å². The highest BCUT2D eigenvalue weighted by atomic mass is 16.8. The van der Waals surface area contributed by atoms with Gasteiger partial charge in [0.05, 0.1) is 18.8 Å². The number of hydrogen-bond acceptors (Lipinski definition) is 5. The van der Waals surface area contributed by atoms with Crippen molar-refractivity contribution in [2.75, 3.05) is 13.7 Å².